The van der Waals surface area contributed by atoms with Crippen molar-refractivity contribution in [2.24, 2.45) is 10.8 Å². The van der Waals surface area contributed by atoms with Gasteiger partial charge in [0.15, 0.2) is 5.78 Å². The molecule has 0 amide bonds. The van der Waals surface area contributed by atoms with Gasteiger partial charge in [0, 0.05) is 28.2 Å². The van der Waals surface area contributed by atoms with Gasteiger partial charge in [-0.15, -0.1) is 6.58 Å². The quantitative estimate of drug-likeness (QED) is 0.113. The molecule has 0 N–H and O–H groups in total. The van der Waals surface area contributed by atoms with E-state index in [9.17, 15) is 14.4 Å². The van der Waals surface area contributed by atoms with Crippen molar-refractivity contribution in [3.63, 3.8) is 0 Å². The molecule has 2 aromatic rings. The lowest BCUT2D eigenvalue weighted by atomic mass is 9.83. The van der Waals surface area contributed by atoms with Crippen LogP contribution in [0, 0.1) is 10.8 Å². The SMILES string of the molecule is C=CC(C)(C)c1cc(C=CC(=O)c2ccc(OC(=O)C(C)(C)C)cc2)c(OCC)cc1OC(=O)C(C)(C)C. The monoisotopic (exact) mass is 520 g/mol. The second-order valence-electron chi connectivity index (χ2n) is 11.7. The zero-order chi connectivity index (χ0) is 28.9. The lowest BCUT2D eigenvalue weighted by molar-refractivity contribution is -0.143. The van der Waals surface area contributed by atoms with E-state index in [0.29, 0.717) is 35.0 Å². The molecule has 6 heteroatoms. The Morgan fingerprint density at radius 2 is 1.37 bits per heavy atom. The number of ketones is 1. The minimum atomic E-state index is -0.688. The van der Waals surface area contributed by atoms with Crippen LogP contribution in [0.3, 0.4) is 0 Å². The Morgan fingerprint density at radius 1 is 0.816 bits per heavy atom. The number of allylic oxidation sites excluding steroid dienone is 2. The number of hydrogen-bond donors (Lipinski definition) is 0. The zero-order valence-electron chi connectivity index (χ0n) is 24.1. The molecule has 204 valence electrons. The van der Waals surface area contributed by atoms with Gasteiger partial charge in [0.25, 0.3) is 0 Å². The highest BCUT2D eigenvalue weighted by Crippen LogP contribution is 2.39. The summed E-state index contributed by atoms with van der Waals surface area (Å²) in [6.45, 7) is 20.8. The summed E-state index contributed by atoms with van der Waals surface area (Å²) in [7, 11) is 0. The van der Waals surface area contributed by atoms with Gasteiger partial charge in [0.1, 0.15) is 17.2 Å². The van der Waals surface area contributed by atoms with Gasteiger partial charge >= 0.3 is 11.9 Å². The Labute approximate surface area is 226 Å². The molecule has 2 aromatic carbocycles. The van der Waals surface area contributed by atoms with Gasteiger partial charge in [-0.3, -0.25) is 14.4 Å². The van der Waals surface area contributed by atoms with Crippen molar-refractivity contribution in [3.8, 4) is 17.2 Å². The number of ether oxygens (including phenoxy) is 3. The molecule has 0 saturated heterocycles. The van der Waals surface area contributed by atoms with Crippen molar-refractivity contribution in [2.45, 2.75) is 67.7 Å². The van der Waals surface area contributed by atoms with E-state index in [1.807, 2.05) is 26.8 Å². The van der Waals surface area contributed by atoms with Crippen LogP contribution >= 0.6 is 0 Å². The molecule has 0 spiro atoms. The van der Waals surface area contributed by atoms with Gasteiger partial charge < -0.3 is 14.2 Å². The lowest BCUT2D eigenvalue weighted by Crippen LogP contribution is -2.27. The third-order valence-electron chi connectivity index (χ3n) is 5.81. The fourth-order valence-electron chi connectivity index (χ4n) is 3.15. The average molecular weight is 521 g/mol. The molecule has 0 saturated carbocycles. The van der Waals surface area contributed by atoms with Gasteiger partial charge in [-0.1, -0.05) is 19.9 Å². The van der Waals surface area contributed by atoms with Crippen LogP contribution in [0.15, 0.2) is 55.1 Å². The van der Waals surface area contributed by atoms with Crippen LogP contribution in [0.1, 0.15) is 83.8 Å². The third kappa shape index (κ3) is 7.91. The van der Waals surface area contributed by atoms with Crippen molar-refractivity contribution in [3.05, 3.63) is 71.8 Å². The Balaban J connectivity index is 2.42. The van der Waals surface area contributed by atoms with Crippen molar-refractivity contribution >= 4 is 23.8 Å². The lowest BCUT2D eigenvalue weighted by Gasteiger charge is -2.26. The smallest absolute Gasteiger partial charge is 0.316 e. The second-order valence-corrected chi connectivity index (χ2v) is 11.7. The van der Waals surface area contributed by atoms with E-state index in [1.54, 1.807) is 84.0 Å². The van der Waals surface area contributed by atoms with Gasteiger partial charge in [0.05, 0.1) is 17.4 Å². The van der Waals surface area contributed by atoms with Crippen LogP contribution in [0.5, 0.6) is 17.2 Å². The Bertz CT molecular complexity index is 1220. The zero-order valence-corrected chi connectivity index (χ0v) is 24.1. The van der Waals surface area contributed by atoms with E-state index in [2.05, 4.69) is 6.58 Å². The van der Waals surface area contributed by atoms with Crippen LogP contribution in [0.2, 0.25) is 0 Å². The minimum absolute atomic E-state index is 0.228. The van der Waals surface area contributed by atoms with Crippen LogP contribution in [-0.2, 0) is 15.0 Å². The number of carbonyl (C=O) groups is 3. The van der Waals surface area contributed by atoms with E-state index >= 15 is 0 Å². The highest BCUT2D eigenvalue weighted by molar-refractivity contribution is 6.07. The molecule has 0 atom stereocenters. The van der Waals surface area contributed by atoms with E-state index in [4.69, 9.17) is 14.2 Å². The average Bonchev–Trinajstić information content (AvgIpc) is 2.82. The summed E-state index contributed by atoms with van der Waals surface area (Å²) < 4.78 is 17.0. The standard InChI is InChI=1S/C32H40O6/c1-11-32(9,10)24-19-22(26(36-12-2)20-27(24)38-29(35)31(6,7)8)15-18-25(33)21-13-16-23(17-14-21)37-28(34)30(3,4)5/h11,13-20H,1,12H2,2-10H3. The van der Waals surface area contributed by atoms with Crippen LogP contribution in [0.4, 0.5) is 0 Å². The number of hydrogen-bond acceptors (Lipinski definition) is 6. The molecular weight excluding hydrogens is 480 g/mol. The van der Waals surface area contributed by atoms with E-state index in [-0.39, 0.29) is 17.7 Å². The molecule has 2 rings (SSSR count). The topological polar surface area (TPSA) is 78.9 Å². The van der Waals surface area contributed by atoms with Crippen molar-refractivity contribution in [1.82, 2.24) is 0 Å². The predicted octanol–water partition coefficient (Wildman–Crippen LogP) is 7.35. The number of esters is 2. The maximum Gasteiger partial charge on any atom is 0.316 e. The first-order valence-corrected chi connectivity index (χ1v) is 12.7. The summed E-state index contributed by atoms with van der Waals surface area (Å²) in [5, 5.41) is 0. The highest BCUT2D eigenvalue weighted by Gasteiger charge is 2.29. The summed E-state index contributed by atoms with van der Waals surface area (Å²) in [4.78, 5) is 37.7. The first-order valence-electron chi connectivity index (χ1n) is 12.7. The Morgan fingerprint density at radius 3 is 1.87 bits per heavy atom. The minimum Gasteiger partial charge on any atom is -0.493 e. The van der Waals surface area contributed by atoms with Gasteiger partial charge in [-0.2, -0.15) is 0 Å². The molecule has 6 nitrogen and oxygen atoms in total. The summed E-state index contributed by atoms with van der Waals surface area (Å²) in [6.07, 6.45) is 4.92. The summed E-state index contributed by atoms with van der Waals surface area (Å²) >= 11 is 0. The third-order valence-corrected chi connectivity index (χ3v) is 5.81. The maximum absolute atomic E-state index is 12.9. The van der Waals surface area contributed by atoms with Gasteiger partial charge in [-0.05, 0) is 91.0 Å². The first kappa shape index (κ1) is 30.6. The molecule has 0 bridgehead atoms. The van der Waals surface area contributed by atoms with Crippen LogP contribution in [-0.4, -0.2) is 24.3 Å². The fraction of sp³-hybridized carbons (Fsp3) is 0.406. The van der Waals surface area contributed by atoms with Crippen LogP contribution in [0.25, 0.3) is 6.08 Å². The van der Waals surface area contributed by atoms with E-state index < -0.39 is 16.2 Å². The fourth-order valence-corrected chi connectivity index (χ4v) is 3.15. The Hall–Kier alpha value is -3.67. The molecule has 0 heterocycles. The molecule has 0 aromatic heterocycles. The van der Waals surface area contributed by atoms with Gasteiger partial charge in [0.2, 0.25) is 0 Å². The highest BCUT2D eigenvalue weighted by atomic mass is 16.5. The maximum atomic E-state index is 12.9. The number of carbonyl (C=O) groups excluding carboxylic acids is 3. The summed E-state index contributed by atoms with van der Waals surface area (Å²) in [6, 6.07) is 9.97. The summed E-state index contributed by atoms with van der Waals surface area (Å²) in [5.74, 6) is 0.309. The molecule has 38 heavy (non-hydrogen) atoms. The van der Waals surface area contributed by atoms with Crippen molar-refractivity contribution in [2.75, 3.05) is 6.61 Å². The normalized spacial score (nSPS) is 12.2. The second kappa shape index (κ2) is 11.8. The molecule has 0 aliphatic heterocycles. The largest absolute Gasteiger partial charge is 0.493 e. The molecule has 0 aliphatic rings. The first-order chi connectivity index (χ1) is 17.5. The van der Waals surface area contributed by atoms with Crippen molar-refractivity contribution in [1.29, 1.82) is 0 Å². The molecule has 0 fully saturated rings. The molecule has 0 unspecified atom stereocenters. The van der Waals surface area contributed by atoms with Gasteiger partial charge in [-0.25, -0.2) is 0 Å². The molecule has 0 radical (unpaired) electrons. The molecule has 0 aliphatic carbocycles. The van der Waals surface area contributed by atoms with Crippen LogP contribution < -0.4 is 14.2 Å². The van der Waals surface area contributed by atoms with E-state index in [0.717, 1.165) is 5.56 Å². The summed E-state index contributed by atoms with van der Waals surface area (Å²) in [5.41, 5.74) is 0.00650. The predicted molar refractivity (Wildman–Crippen MR) is 151 cm³/mol. The van der Waals surface area contributed by atoms with E-state index in [1.165, 1.54) is 6.08 Å². The molecular formula is C32H40O6. The number of benzene rings is 2. The number of rotatable bonds is 9. The van der Waals surface area contributed by atoms with Crippen molar-refractivity contribution < 1.29 is 28.6 Å². The Kier molecular flexibility index (Phi) is 9.49.